The highest BCUT2D eigenvalue weighted by atomic mass is 16.5. The number of ether oxygens (including phenoxy) is 1. The van der Waals surface area contributed by atoms with Crippen LogP contribution in [0.1, 0.15) is 40.0 Å². The third kappa shape index (κ3) is 4.61. The van der Waals surface area contributed by atoms with Gasteiger partial charge in [0.05, 0.1) is 6.10 Å². The molecule has 0 fully saturated rings. The van der Waals surface area contributed by atoms with E-state index in [2.05, 4.69) is 5.32 Å². The monoisotopic (exact) mass is 231 g/mol. The number of amides is 1. The average molecular weight is 231 g/mol. The van der Waals surface area contributed by atoms with Crippen molar-refractivity contribution in [3.05, 3.63) is 0 Å². The molecule has 0 spiro atoms. The second-order valence-electron chi connectivity index (χ2n) is 4.12. The van der Waals surface area contributed by atoms with Gasteiger partial charge in [0.25, 0.3) is 0 Å². The number of hydrogen-bond donors (Lipinski definition) is 2. The van der Waals surface area contributed by atoms with Crippen LogP contribution in [0.15, 0.2) is 0 Å². The molecule has 0 aromatic carbocycles. The molecule has 2 unspecified atom stereocenters. The quantitative estimate of drug-likeness (QED) is 0.689. The minimum atomic E-state index is -1.17. The number of carboxylic acid groups (broad SMARTS) is 1. The van der Waals surface area contributed by atoms with Gasteiger partial charge in [-0.1, -0.05) is 6.92 Å². The molecule has 16 heavy (non-hydrogen) atoms. The molecular weight excluding hydrogens is 210 g/mol. The van der Waals surface area contributed by atoms with Crippen LogP contribution in [0.3, 0.4) is 0 Å². The largest absolute Gasteiger partial charge is 0.480 e. The van der Waals surface area contributed by atoms with Gasteiger partial charge in [-0.15, -0.1) is 0 Å². The molecule has 0 rings (SSSR count). The standard InChI is InChI=1S/C11H21NO4/c1-5-11(3,10(14)15)12-9(13)7-6-8(2)16-4/h8H,5-7H2,1-4H3,(H,12,13)(H,14,15). The lowest BCUT2D eigenvalue weighted by Gasteiger charge is -2.24. The third-order valence-electron chi connectivity index (χ3n) is 2.77. The first-order valence-corrected chi connectivity index (χ1v) is 5.43. The number of carbonyl (C=O) groups is 2. The van der Waals surface area contributed by atoms with E-state index in [0.29, 0.717) is 12.8 Å². The van der Waals surface area contributed by atoms with Crippen molar-refractivity contribution in [3.63, 3.8) is 0 Å². The number of carbonyl (C=O) groups excluding carboxylic acids is 1. The van der Waals surface area contributed by atoms with Crippen molar-refractivity contribution in [1.82, 2.24) is 5.32 Å². The first-order valence-electron chi connectivity index (χ1n) is 5.43. The fraction of sp³-hybridized carbons (Fsp3) is 0.818. The Balaban J connectivity index is 4.17. The van der Waals surface area contributed by atoms with Crippen molar-refractivity contribution in [2.24, 2.45) is 0 Å². The second kappa shape index (κ2) is 6.48. The molecule has 5 heteroatoms. The molecule has 0 aliphatic heterocycles. The predicted octanol–water partition coefficient (Wildman–Crippen LogP) is 1.17. The summed E-state index contributed by atoms with van der Waals surface area (Å²) in [6.07, 6.45) is 1.22. The van der Waals surface area contributed by atoms with E-state index in [1.807, 2.05) is 6.92 Å². The Labute approximate surface area is 96.2 Å². The Hall–Kier alpha value is -1.10. The van der Waals surface area contributed by atoms with E-state index in [4.69, 9.17) is 9.84 Å². The van der Waals surface area contributed by atoms with Crippen molar-refractivity contribution in [2.45, 2.75) is 51.7 Å². The zero-order valence-corrected chi connectivity index (χ0v) is 10.4. The molecule has 5 nitrogen and oxygen atoms in total. The maximum absolute atomic E-state index is 11.5. The van der Waals surface area contributed by atoms with Gasteiger partial charge >= 0.3 is 5.97 Å². The van der Waals surface area contributed by atoms with Gasteiger partial charge in [-0.3, -0.25) is 4.79 Å². The third-order valence-corrected chi connectivity index (χ3v) is 2.77. The highest BCUT2D eigenvalue weighted by molar-refractivity contribution is 5.86. The van der Waals surface area contributed by atoms with E-state index < -0.39 is 11.5 Å². The number of methoxy groups -OCH3 is 1. The number of carboxylic acids is 1. The summed E-state index contributed by atoms with van der Waals surface area (Å²) in [7, 11) is 1.58. The Morgan fingerprint density at radius 1 is 1.50 bits per heavy atom. The summed E-state index contributed by atoms with van der Waals surface area (Å²) in [4.78, 5) is 22.5. The smallest absolute Gasteiger partial charge is 0.329 e. The fourth-order valence-electron chi connectivity index (χ4n) is 1.12. The molecule has 0 aromatic heterocycles. The summed E-state index contributed by atoms with van der Waals surface area (Å²) < 4.78 is 5.01. The topological polar surface area (TPSA) is 75.6 Å². The SMILES string of the molecule is CCC(C)(NC(=O)CCC(C)OC)C(=O)O. The Kier molecular flexibility index (Phi) is 6.03. The predicted molar refractivity (Wildman–Crippen MR) is 60.2 cm³/mol. The number of hydrogen-bond acceptors (Lipinski definition) is 3. The van der Waals surface area contributed by atoms with Crippen LogP contribution in [0.2, 0.25) is 0 Å². The summed E-state index contributed by atoms with van der Waals surface area (Å²) >= 11 is 0. The highest BCUT2D eigenvalue weighted by Gasteiger charge is 2.32. The summed E-state index contributed by atoms with van der Waals surface area (Å²) in [5, 5.41) is 11.5. The van der Waals surface area contributed by atoms with Gasteiger partial charge in [0.1, 0.15) is 5.54 Å². The van der Waals surface area contributed by atoms with E-state index in [-0.39, 0.29) is 18.4 Å². The van der Waals surface area contributed by atoms with Crippen molar-refractivity contribution >= 4 is 11.9 Å². The van der Waals surface area contributed by atoms with Crippen LogP contribution in [0.5, 0.6) is 0 Å². The normalized spacial score (nSPS) is 16.2. The van der Waals surface area contributed by atoms with Gasteiger partial charge in [0.2, 0.25) is 5.91 Å². The van der Waals surface area contributed by atoms with Gasteiger partial charge in [-0.25, -0.2) is 4.79 Å². The van der Waals surface area contributed by atoms with Crippen LogP contribution in [0, 0.1) is 0 Å². The first kappa shape index (κ1) is 14.9. The van der Waals surface area contributed by atoms with Gasteiger partial charge < -0.3 is 15.2 Å². The Bertz CT molecular complexity index is 254. The molecule has 0 heterocycles. The van der Waals surface area contributed by atoms with Crippen LogP contribution in [0.25, 0.3) is 0 Å². The van der Waals surface area contributed by atoms with Crippen molar-refractivity contribution in [1.29, 1.82) is 0 Å². The zero-order chi connectivity index (χ0) is 12.8. The van der Waals surface area contributed by atoms with Crippen LogP contribution < -0.4 is 5.32 Å². The van der Waals surface area contributed by atoms with Crippen LogP contribution >= 0.6 is 0 Å². The second-order valence-corrected chi connectivity index (χ2v) is 4.12. The van der Waals surface area contributed by atoms with Crippen LogP contribution in [0.4, 0.5) is 0 Å². The minimum Gasteiger partial charge on any atom is -0.480 e. The molecule has 1 amide bonds. The zero-order valence-electron chi connectivity index (χ0n) is 10.4. The number of rotatable bonds is 7. The van der Waals surface area contributed by atoms with Gasteiger partial charge in [0.15, 0.2) is 0 Å². The molecule has 0 aromatic rings. The van der Waals surface area contributed by atoms with E-state index in [0.717, 1.165) is 0 Å². The maximum Gasteiger partial charge on any atom is 0.329 e. The molecule has 0 aliphatic rings. The first-order chi connectivity index (χ1) is 7.35. The molecule has 0 bridgehead atoms. The van der Waals surface area contributed by atoms with Crippen molar-refractivity contribution in [2.75, 3.05) is 7.11 Å². The Morgan fingerprint density at radius 3 is 2.44 bits per heavy atom. The van der Waals surface area contributed by atoms with Crippen molar-refractivity contribution in [3.8, 4) is 0 Å². The average Bonchev–Trinajstić information content (AvgIpc) is 2.25. The molecule has 0 saturated carbocycles. The van der Waals surface area contributed by atoms with Crippen molar-refractivity contribution < 1.29 is 19.4 Å². The van der Waals surface area contributed by atoms with E-state index in [1.165, 1.54) is 6.92 Å². The van der Waals surface area contributed by atoms with E-state index >= 15 is 0 Å². The molecule has 2 N–H and O–H groups in total. The minimum absolute atomic E-state index is 0.00320. The summed E-state index contributed by atoms with van der Waals surface area (Å²) in [5.74, 6) is -1.27. The lowest BCUT2D eigenvalue weighted by Crippen LogP contribution is -2.51. The van der Waals surface area contributed by atoms with Crippen LogP contribution in [-0.2, 0) is 14.3 Å². The fourth-order valence-corrected chi connectivity index (χ4v) is 1.12. The molecule has 2 atom stereocenters. The summed E-state index contributed by atoms with van der Waals surface area (Å²) in [5.41, 5.74) is -1.17. The van der Waals surface area contributed by atoms with Crippen LogP contribution in [-0.4, -0.2) is 35.7 Å². The molecule has 94 valence electrons. The van der Waals surface area contributed by atoms with E-state index in [9.17, 15) is 9.59 Å². The molecular formula is C11H21NO4. The lowest BCUT2D eigenvalue weighted by molar-refractivity contribution is -0.147. The van der Waals surface area contributed by atoms with Gasteiger partial charge in [-0.2, -0.15) is 0 Å². The molecule has 0 saturated heterocycles. The van der Waals surface area contributed by atoms with Gasteiger partial charge in [-0.05, 0) is 26.7 Å². The van der Waals surface area contributed by atoms with E-state index in [1.54, 1.807) is 14.0 Å². The lowest BCUT2D eigenvalue weighted by atomic mass is 9.99. The maximum atomic E-state index is 11.5. The summed E-state index contributed by atoms with van der Waals surface area (Å²) in [6.45, 7) is 5.10. The highest BCUT2D eigenvalue weighted by Crippen LogP contribution is 2.10. The van der Waals surface area contributed by atoms with Gasteiger partial charge in [0, 0.05) is 13.5 Å². The number of nitrogens with one attached hydrogen (secondary N) is 1. The molecule has 0 radical (unpaired) electrons. The molecule has 0 aliphatic carbocycles. The number of aliphatic carboxylic acids is 1. The Morgan fingerprint density at radius 2 is 2.06 bits per heavy atom. The summed E-state index contributed by atoms with van der Waals surface area (Å²) in [6, 6.07) is 0.